The number of benzene rings is 2. The van der Waals surface area contributed by atoms with Crippen molar-refractivity contribution in [3.8, 4) is 11.5 Å². The van der Waals surface area contributed by atoms with Crippen LogP contribution in [0, 0.1) is 13.8 Å². The van der Waals surface area contributed by atoms with Crippen LogP contribution in [0.4, 0.5) is 5.69 Å². The van der Waals surface area contributed by atoms with Crippen LogP contribution in [0.25, 0.3) is 0 Å². The number of hydrogen-bond donors (Lipinski definition) is 1. The van der Waals surface area contributed by atoms with Gasteiger partial charge in [0.05, 0.1) is 11.1 Å². The summed E-state index contributed by atoms with van der Waals surface area (Å²) in [6.07, 6.45) is 3.58. The van der Waals surface area contributed by atoms with E-state index in [4.69, 9.17) is 21.7 Å². The molecule has 0 aromatic heterocycles. The number of carbonyl (C=O) groups excluding carboxylic acids is 1. The minimum absolute atomic E-state index is 0.123. The van der Waals surface area contributed by atoms with Gasteiger partial charge in [0.15, 0.2) is 18.1 Å². The SMILES string of the molecule is CCOc1cc(C(=S)N2CCCCC2)cc(Br)c1OCC(=O)Nc1cc(C)cc(C)c1. The van der Waals surface area contributed by atoms with Gasteiger partial charge in [-0.05, 0) is 91.4 Å². The van der Waals surface area contributed by atoms with Crippen LogP contribution in [0.5, 0.6) is 11.5 Å². The molecule has 1 aliphatic heterocycles. The van der Waals surface area contributed by atoms with Gasteiger partial charge in [0.2, 0.25) is 0 Å². The molecule has 2 aromatic rings. The summed E-state index contributed by atoms with van der Waals surface area (Å²) in [5.74, 6) is 0.848. The van der Waals surface area contributed by atoms with Crippen LogP contribution < -0.4 is 14.8 Å². The van der Waals surface area contributed by atoms with Crippen molar-refractivity contribution in [3.63, 3.8) is 0 Å². The van der Waals surface area contributed by atoms with E-state index in [2.05, 4.69) is 32.2 Å². The number of likely N-dealkylation sites (tertiary alicyclic amines) is 1. The van der Waals surface area contributed by atoms with Crippen molar-refractivity contribution >= 4 is 44.7 Å². The van der Waals surface area contributed by atoms with Crippen molar-refractivity contribution in [2.75, 3.05) is 31.6 Å². The summed E-state index contributed by atoms with van der Waals surface area (Å²) < 4.78 is 12.4. The van der Waals surface area contributed by atoms with Crippen molar-refractivity contribution in [1.29, 1.82) is 0 Å². The van der Waals surface area contributed by atoms with Crippen molar-refractivity contribution in [2.24, 2.45) is 0 Å². The van der Waals surface area contributed by atoms with Crippen LogP contribution in [0.3, 0.4) is 0 Å². The fourth-order valence-corrected chi connectivity index (χ4v) is 4.61. The first-order valence-electron chi connectivity index (χ1n) is 10.6. The maximum absolute atomic E-state index is 12.5. The second-order valence-electron chi connectivity index (χ2n) is 7.78. The number of nitrogens with zero attached hydrogens (tertiary/aromatic N) is 1. The Bertz CT molecular complexity index is 938. The molecule has 1 fully saturated rings. The lowest BCUT2D eigenvalue weighted by Gasteiger charge is -2.29. The maximum atomic E-state index is 12.5. The third kappa shape index (κ3) is 6.43. The highest BCUT2D eigenvalue weighted by Gasteiger charge is 2.20. The van der Waals surface area contributed by atoms with Crippen LogP contribution in [0.2, 0.25) is 0 Å². The molecule has 1 heterocycles. The molecular formula is C24H29BrN2O3S. The number of halogens is 1. The van der Waals surface area contributed by atoms with E-state index in [0.717, 1.165) is 53.3 Å². The molecule has 0 bridgehead atoms. The second kappa shape index (κ2) is 11.0. The van der Waals surface area contributed by atoms with E-state index in [1.165, 1.54) is 6.42 Å². The van der Waals surface area contributed by atoms with E-state index >= 15 is 0 Å². The number of aryl methyl sites for hydroxylation is 2. The van der Waals surface area contributed by atoms with Crippen LogP contribution in [-0.4, -0.2) is 42.1 Å². The number of anilines is 1. The zero-order chi connectivity index (χ0) is 22.4. The van der Waals surface area contributed by atoms with Crippen LogP contribution >= 0.6 is 28.1 Å². The smallest absolute Gasteiger partial charge is 0.262 e. The monoisotopic (exact) mass is 504 g/mol. The lowest BCUT2D eigenvalue weighted by atomic mass is 10.1. The predicted molar refractivity (Wildman–Crippen MR) is 132 cm³/mol. The second-order valence-corrected chi connectivity index (χ2v) is 9.03. The standard InChI is InChI=1S/C24H29BrN2O3S/c1-4-29-21-14-18(24(31)27-8-6-5-7-9-27)13-20(25)23(21)30-15-22(28)26-19-11-16(2)10-17(3)12-19/h10-14H,4-9,15H2,1-3H3,(H,26,28). The first-order chi connectivity index (χ1) is 14.9. The maximum Gasteiger partial charge on any atom is 0.262 e. The number of thiocarbonyl (C=S) groups is 1. The van der Waals surface area contributed by atoms with E-state index in [1.807, 2.05) is 45.0 Å². The van der Waals surface area contributed by atoms with Gasteiger partial charge in [0.1, 0.15) is 4.99 Å². The Hall–Kier alpha value is -2.12. The van der Waals surface area contributed by atoms with E-state index in [9.17, 15) is 4.79 Å². The Labute approximate surface area is 198 Å². The molecule has 0 saturated carbocycles. The fraction of sp³-hybridized carbons (Fsp3) is 0.417. The molecule has 1 saturated heterocycles. The summed E-state index contributed by atoms with van der Waals surface area (Å²) in [5, 5.41) is 2.89. The summed E-state index contributed by atoms with van der Waals surface area (Å²) in [4.78, 5) is 15.5. The molecule has 2 aromatic carbocycles. The molecule has 1 amide bonds. The molecule has 1 aliphatic rings. The molecule has 0 unspecified atom stereocenters. The van der Waals surface area contributed by atoms with Crippen LogP contribution in [0.1, 0.15) is 42.9 Å². The Morgan fingerprint density at radius 2 is 1.74 bits per heavy atom. The summed E-state index contributed by atoms with van der Waals surface area (Å²) in [6, 6.07) is 9.78. The third-order valence-corrected chi connectivity index (χ3v) is 6.14. The van der Waals surface area contributed by atoms with Gasteiger partial charge in [-0.2, -0.15) is 0 Å². The van der Waals surface area contributed by atoms with E-state index in [1.54, 1.807) is 0 Å². The number of carbonyl (C=O) groups is 1. The van der Waals surface area contributed by atoms with Crippen molar-refractivity contribution < 1.29 is 14.3 Å². The zero-order valence-corrected chi connectivity index (χ0v) is 20.7. The number of piperidine rings is 1. The molecule has 0 atom stereocenters. The summed E-state index contributed by atoms with van der Waals surface area (Å²) in [6.45, 7) is 8.24. The molecular weight excluding hydrogens is 476 g/mol. The highest BCUT2D eigenvalue weighted by Crippen LogP contribution is 2.37. The minimum atomic E-state index is -0.229. The van der Waals surface area contributed by atoms with Gasteiger partial charge in [0, 0.05) is 24.3 Å². The predicted octanol–water partition coefficient (Wildman–Crippen LogP) is 5.64. The quantitative estimate of drug-likeness (QED) is 0.494. The largest absolute Gasteiger partial charge is 0.490 e. The molecule has 1 N–H and O–H groups in total. The number of hydrogen-bond acceptors (Lipinski definition) is 4. The Balaban J connectivity index is 1.72. The molecule has 31 heavy (non-hydrogen) atoms. The zero-order valence-electron chi connectivity index (χ0n) is 18.3. The first kappa shape index (κ1) is 23.5. The van der Waals surface area contributed by atoms with Gasteiger partial charge in [-0.15, -0.1) is 0 Å². The Morgan fingerprint density at radius 3 is 2.39 bits per heavy atom. The summed E-state index contributed by atoms with van der Waals surface area (Å²) in [5.41, 5.74) is 3.87. The minimum Gasteiger partial charge on any atom is -0.490 e. The van der Waals surface area contributed by atoms with E-state index in [0.29, 0.717) is 22.6 Å². The molecule has 0 aliphatic carbocycles. The topological polar surface area (TPSA) is 50.8 Å². The van der Waals surface area contributed by atoms with Gasteiger partial charge < -0.3 is 19.7 Å². The first-order valence-corrected chi connectivity index (χ1v) is 11.8. The molecule has 0 radical (unpaired) electrons. The lowest BCUT2D eigenvalue weighted by molar-refractivity contribution is -0.118. The Morgan fingerprint density at radius 1 is 1.06 bits per heavy atom. The van der Waals surface area contributed by atoms with Gasteiger partial charge in [-0.1, -0.05) is 18.3 Å². The van der Waals surface area contributed by atoms with Crippen molar-refractivity contribution in [1.82, 2.24) is 4.90 Å². The highest BCUT2D eigenvalue weighted by atomic mass is 79.9. The number of ether oxygens (including phenoxy) is 2. The molecule has 7 heteroatoms. The summed E-state index contributed by atoms with van der Waals surface area (Å²) in [7, 11) is 0. The number of nitrogens with one attached hydrogen (secondary N) is 1. The highest BCUT2D eigenvalue weighted by molar-refractivity contribution is 9.10. The van der Waals surface area contributed by atoms with Gasteiger partial charge >= 0.3 is 0 Å². The molecule has 3 rings (SSSR count). The number of amides is 1. The van der Waals surface area contributed by atoms with Crippen molar-refractivity contribution in [3.05, 3.63) is 51.5 Å². The van der Waals surface area contributed by atoms with Crippen LogP contribution in [0.15, 0.2) is 34.8 Å². The normalized spacial score (nSPS) is 13.6. The number of rotatable bonds is 7. The van der Waals surface area contributed by atoms with Gasteiger partial charge in [-0.3, -0.25) is 4.79 Å². The fourth-order valence-electron chi connectivity index (χ4n) is 3.76. The van der Waals surface area contributed by atoms with Gasteiger partial charge in [-0.25, -0.2) is 0 Å². The van der Waals surface area contributed by atoms with E-state index in [-0.39, 0.29) is 12.5 Å². The molecule has 5 nitrogen and oxygen atoms in total. The van der Waals surface area contributed by atoms with Gasteiger partial charge in [0.25, 0.3) is 5.91 Å². The molecule has 0 spiro atoms. The lowest BCUT2D eigenvalue weighted by Crippen LogP contribution is -2.34. The third-order valence-electron chi connectivity index (χ3n) is 5.05. The Kier molecular flexibility index (Phi) is 8.32. The van der Waals surface area contributed by atoms with Crippen LogP contribution in [-0.2, 0) is 4.79 Å². The molecule has 166 valence electrons. The van der Waals surface area contributed by atoms with E-state index < -0.39 is 0 Å². The summed E-state index contributed by atoms with van der Waals surface area (Å²) >= 11 is 9.31. The average molecular weight is 505 g/mol. The average Bonchev–Trinajstić information content (AvgIpc) is 2.72. The van der Waals surface area contributed by atoms with Crippen molar-refractivity contribution in [2.45, 2.75) is 40.0 Å².